The zero-order valence-corrected chi connectivity index (χ0v) is 20.4. The maximum absolute atomic E-state index is 13.4. The Morgan fingerprint density at radius 3 is 1.47 bits per heavy atom. The lowest BCUT2D eigenvalue weighted by molar-refractivity contribution is -0.274. The highest BCUT2D eigenvalue weighted by Gasteiger charge is 2.47. The summed E-state index contributed by atoms with van der Waals surface area (Å²) in [5, 5.41) is 0. The van der Waals surface area contributed by atoms with Crippen LogP contribution in [0.2, 0.25) is 0 Å². The van der Waals surface area contributed by atoms with Crippen molar-refractivity contribution in [3.05, 3.63) is 0 Å². The highest BCUT2D eigenvalue weighted by atomic mass is 31.2. The van der Waals surface area contributed by atoms with Crippen LogP contribution in [0.5, 0.6) is 0 Å². The lowest BCUT2D eigenvalue weighted by Gasteiger charge is -2.24. The predicted octanol–water partition coefficient (Wildman–Crippen LogP) is 4.55. The smallest absolute Gasteiger partial charge is 0.398 e. The van der Waals surface area contributed by atoms with Gasteiger partial charge >= 0.3 is 19.5 Å². The second-order valence-corrected chi connectivity index (χ2v) is 10.9. The third kappa shape index (κ3) is 13.3. The number of esters is 2. The van der Waals surface area contributed by atoms with Gasteiger partial charge in [0, 0.05) is 0 Å². The van der Waals surface area contributed by atoms with Crippen LogP contribution in [0.1, 0.15) is 61.8 Å². The molecular formula is C20H39O9P. The third-order valence-corrected chi connectivity index (χ3v) is 5.05. The van der Waals surface area contributed by atoms with Crippen molar-refractivity contribution in [3.8, 4) is 0 Å². The van der Waals surface area contributed by atoms with Gasteiger partial charge in [0.05, 0.1) is 32.8 Å². The average molecular weight is 454 g/mol. The van der Waals surface area contributed by atoms with E-state index in [4.69, 9.17) is 28.6 Å². The van der Waals surface area contributed by atoms with Gasteiger partial charge in [0.15, 0.2) is 5.66 Å². The topological polar surface area (TPSA) is 107 Å². The lowest BCUT2D eigenvalue weighted by atomic mass is 10.2. The Bertz CT molecular complexity index is 528. The molecule has 0 saturated carbocycles. The summed E-state index contributed by atoms with van der Waals surface area (Å²) in [4.78, 5) is 35.0. The number of carbonyl (C=O) groups is 2. The van der Waals surface area contributed by atoms with Crippen LogP contribution in [0, 0.1) is 23.7 Å². The van der Waals surface area contributed by atoms with Crippen molar-refractivity contribution in [2.24, 2.45) is 23.7 Å². The van der Waals surface area contributed by atoms with E-state index in [1.807, 2.05) is 55.4 Å². The Hall–Kier alpha value is -0.990. The highest BCUT2D eigenvalue weighted by molar-refractivity contribution is 7.55. The van der Waals surface area contributed by atoms with Crippen LogP contribution in [-0.4, -0.2) is 44.0 Å². The number of hydrogen-bond donors (Lipinski definition) is 0. The molecule has 0 aromatic rings. The fourth-order valence-corrected chi connectivity index (χ4v) is 3.10. The summed E-state index contributed by atoms with van der Waals surface area (Å²) >= 11 is 0. The molecule has 0 aromatic heterocycles. The molecule has 0 rings (SSSR count). The molecule has 30 heavy (non-hydrogen) atoms. The van der Waals surface area contributed by atoms with E-state index in [1.165, 1.54) is 0 Å². The Labute approximate surface area is 180 Å². The van der Waals surface area contributed by atoms with E-state index in [0.717, 1.165) is 0 Å². The van der Waals surface area contributed by atoms with Gasteiger partial charge in [-0.1, -0.05) is 55.4 Å². The fourth-order valence-electron chi connectivity index (χ4n) is 1.74. The molecule has 0 amide bonds. The maximum atomic E-state index is 13.4. The molecule has 10 heteroatoms. The second kappa shape index (κ2) is 14.9. The molecule has 0 saturated heterocycles. The van der Waals surface area contributed by atoms with Crippen molar-refractivity contribution in [2.45, 2.75) is 67.5 Å². The van der Waals surface area contributed by atoms with Gasteiger partial charge in [-0.3, -0.25) is 14.2 Å². The van der Waals surface area contributed by atoms with Gasteiger partial charge in [-0.15, -0.1) is 9.35 Å². The molecule has 0 spiro atoms. The van der Waals surface area contributed by atoms with E-state index in [9.17, 15) is 14.2 Å². The quantitative estimate of drug-likeness (QED) is 0.144. The molecule has 0 aliphatic carbocycles. The number of hydrogen-bond acceptors (Lipinski definition) is 9. The predicted molar refractivity (Wildman–Crippen MR) is 111 cm³/mol. The minimum atomic E-state index is -4.38. The summed E-state index contributed by atoms with van der Waals surface area (Å²) < 4.78 is 33.8. The number of ether oxygens (including phenoxy) is 2. The van der Waals surface area contributed by atoms with E-state index in [1.54, 1.807) is 0 Å². The molecule has 1 atom stereocenters. The van der Waals surface area contributed by atoms with Gasteiger partial charge in [0.2, 0.25) is 0 Å². The summed E-state index contributed by atoms with van der Waals surface area (Å²) in [5.74, 6) is -1.36. The van der Waals surface area contributed by atoms with Gasteiger partial charge in [-0.2, -0.15) is 0 Å². The van der Waals surface area contributed by atoms with Crippen LogP contribution in [0.3, 0.4) is 0 Å². The minimum Gasteiger partial charge on any atom is -0.465 e. The van der Waals surface area contributed by atoms with Gasteiger partial charge in [-0.05, 0) is 23.7 Å². The molecule has 9 nitrogen and oxygen atoms in total. The summed E-state index contributed by atoms with van der Waals surface area (Å²) in [7, 11) is -4.38. The van der Waals surface area contributed by atoms with Crippen LogP contribution >= 0.6 is 7.60 Å². The van der Waals surface area contributed by atoms with E-state index >= 15 is 0 Å². The SMILES string of the molecule is CC(C)COOP(=O)(OOCC(C)C)C(CC(=O)OCC(C)C)C(=O)OCC(C)C. The third-order valence-electron chi connectivity index (χ3n) is 3.27. The first-order chi connectivity index (χ1) is 13.9. The number of carbonyl (C=O) groups excluding carboxylic acids is 2. The molecule has 1 unspecified atom stereocenters. The van der Waals surface area contributed by atoms with Crippen LogP contribution in [0.4, 0.5) is 0 Å². The summed E-state index contributed by atoms with van der Waals surface area (Å²) in [6.45, 7) is 15.3. The van der Waals surface area contributed by atoms with Gasteiger partial charge in [0.25, 0.3) is 0 Å². The average Bonchev–Trinajstić information content (AvgIpc) is 2.61. The highest BCUT2D eigenvalue weighted by Crippen LogP contribution is 2.55. The van der Waals surface area contributed by atoms with Crippen LogP contribution in [-0.2, 0) is 42.8 Å². The first-order valence-corrected chi connectivity index (χ1v) is 12.0. The summed E-state index contributed by atoms with van der Waals surface area (Å²) in [6.07, 6.45) is -0.559. The van der Waals surface area contributed by atoms with Crippen molar-refractivity contribution in [1.29, 1.82) is 0 Å². The minimum absolute atomic E-state index is 0.0399. The molecule has 0 heterocycles. The van der Waals surface area contributed by atoms with E-state index in [0.29, 0.717) is 0 Å². The maximum Gasteiger partial charge on any atom is 0.398 e. The molecule has 0 fully saturated rings. The fraction of sp³-hybridized carbons (Fsp3) is 0.900. The van der Waals surface area contributed by atoms with Crippen molar-refractivity contribution < 1.29 is 42.8 Å². The Balaban J connectivity index is 5.55. The Kier molecular flexibility index (Phi) is 14.4. The number of rotatable bonds is 16. The van der Waals surface area contributed by atoms with E-state index in [2.05, 4.69) is 0 Å². The van der Waals surface area contributed by atoms with Crippen LogP contribution < -0.4 is 0 Å². The first-order valence-electron chi connectivity index (χ1n) is 10.4. The van der Waals surface area contributed by atoms with Gasteiger partial charge in [-0.25, -0.2) is 9.78 Å². The Morgan fingerprint density at radius 1 is 0.667 bits per heavy atom. The van der Waals surface area contributed by atoms with Crippen molar-refractivity contribution in [1.82, 2.24) is 0 Å². The summed E-state index contributed by atoms with van der Waals surface area (Å²) in [5.41, 5.74) is -1.59. The zero-order chi connectivity index (χ0) is 23.3. The molecule has 0 aromatic carbocycles. The van der Waals surface area contributed by atoms with Gasteiger partial charge < -0.3 is 9.47 Å². The van der Waals surface area contributed by atoms with Gasteiger partial charge in [0.1, 0.15) is 0 Å². The largest absolute Gasteiger partial charge is 0.465 e. The van der Waals surface area contributed by atoms with Crippen molar-refractivity contribution in [2.75, 3.05) is 26.4 Å². The van der Waals surface area contributed by atoms with Crippen molar-refractivity contribution >= 4 is 19.5 Å². The molecule has 0 bridgehead atoms. The lowest BCUT2D eigenvalue weighted by Crippen LogP contribution is -2.31. The zero-order valence-electron chi connectivity index (χ0n) is 19.5. The second-order valence-electron chi connectivity index (χ2n) is 8.87. The van der Waals surface area contributed by atoms with Crippen LogP contribution in [0.25, 0.3) is 0 Å². The standard InChI is InChI=1S/C20H39O9P/c1-14(2)10-24-19(21)9-18(20(22)25-11-15(3)4)30(23,28-26-12-16(5)6)29-27-13-17(7)8/h14-18H,9-13H2,1-8H3. The molecule has 0 radical (unpaired) electrons. The van der Waals surface area contributed by atoms with Crippen LogP contribution in [0.15, 0.2) is 0 Å². The van der Waals surface area contributed by atoms with E-state index in [-0.39, 0.29) is 50.1 Å². The molecule has 178 valence electrons. The molecule has 0 aliphatic heterocycles. The Morgan fingerprint density at radius 2 is 1.07 bits per heavy atom. The first kappa shape index (κ1) is 29.0. The monoisotopic (exact) mass is 454 g/mol. The summed E-state index contributed by atoms with van der Waals surface area (Å²) in [6, 6.07) is 0. The van der Waals surface area contributed by atoms with E-state index < -0.39 is 31.6 Å². The molecular weight excluding hydrogens is 415 g/mol. The van der Waals surface area contributed by atoms with Crippen molar-refractivity contribution in [3.63, 3.8) is 0 Å². The molecule has 0 aliphatic rings. The molecule has 0 N–H and O–H groups in total. The normalized spacial score (nSPS) is 13.3.